The van der Waals surface area contributed by atoms with Crippen LogP contribution < -0.4 is 11.1 Å². The summed E-state index contributed by atoms with van der Waals surface area (Å²) in [6.45, 7) is 0.920. The molecule has 0 aliphatic carbocycles. The number of thioether (sulfide) groups is 1. The van der Waals surface area contributed by atoms with Gasteiger partial charge in [0, 0.05) is 11.1 Å². The molecule has 0 amide bonds. The molecule has 7 nitrogen and oxygen atoms in total. The van der Waals surface area contributed by atoms with Gasteiger partial charge in [-0.15, -0.1) is 0 Å². The third-order valence-corrected chi connectivity index (χ3v) is 6.37. The number of nitrogens with two attached hydrogens (primary N) is 1. The molecule has 0 fully saturated rings. The summed E-state index contributed by atoms with van der Waals surface area (Å²) in [7, 11) is 0. The van der Waals surface area contributed by atoms with E-state index in [0.717, 1.165) is 18.0 Å². The second-order valence-corrected chi connectivity index (χ2v) is 8.89. The maximum absolute atomic E-state index is 13.1. The Kier molecular flexibility index (Phi) is 9.57. The number of benzene rings is 1. The number of hydrogen-bond donors (Lipinski definition) is 5. The van der Waals surface area contributed by atoms with Gasteiger partial charge in [0.1, 0.15) is 11.1 Å². The first kappa shape index (κ1) is 25.1. The number of hydrogen-bond acceptors (Lipinski definition) is 9. The Balaban J connectivity index is 2.18. The zero-order valence-electron chi connectivity index (χ0n) is 15.4. The molecule has 2 aromatic rings. The van der Waals surface area contributed by atoms with Gasteiger partial charge in [-0.2, -0.15) is 8.78 Å². The smallest absolute Gasteiger partial charge is 0.260 e. The van der Waals surface area contributed by atoms with E-state index in [2.05, 4.69) is 10.3 Å². The minimum absolute atomic E-state index is 0.114. The maximum atomic E-state index is 13.1. The van der Waals surface area contributed by atoms with E-state index in [-0.39, 0.29) is 15.7 Å². The summed E-state index contributed by atoms with van der Waals surface area (Å²) >= 11 is 13.4. The van der Waals surface area contributed by atoms with Crippen LogP contribution in [0.4, 0.5) is 8.78 Å². The lowest BCUT2D eigenvalue weighted by molar-refractivity contribution is -0.0978. The highest BCUT2D eigenvalue weighted by molar-refractivity contribution is 7.99. The Labute approximate surface area is 189 Å². The number of ether oxygens (including phenoxy) is 1. The van der Waals surface area contributed by atoms with Crippen LogP contribution in [0.25, 0.3) is 5.70 Å². The lowest BCUT2D eigenvalue weighted by Crippen LogP contribution is -2.42. The average molecular weight is 502 g/mol. The highest BCUT2D eigenvalue weighted by Crippen LogP contribution is 2.32. The van der Waals surface area contributed by atoms with Gasteiger partial charge >= 0.3 is 0 Å². The third-order valence-electron chi connectivity index (χ3n) is 3.63. The number of aromatic nitrogens is 1. The fourth-order valence-corrected chi connectivity index (χ4v) is 4.03. The van der Waals surface area contributed by atoms with Gasteiger partial charge < -0.3 is 31.1 Å². The van der Waals surface area contributed by atoms with Gasteiger partial charge in [-0.25, -0.2) is 4.98 Å². The van der Waals surface area contributed by atoms with Crippen LogP contribution in [-0.4, -0.2) is 50.8 Å². The first-order valence-corrected chi connectivity index (χ1v) is 10.9. The Morgan fingerprint density at radius 2 is 2.07 bits per heavy atom. The van der Waals surface area contributed by atoms with Gasteiger partial charge in [-0.1, -0.05) is 46.3 Å². The molecule has 0 aliphatic heterocycles. The van der Waals surface area contributed by atoms with Crippen molar-refractivity contribution >= 4 is 52.0 Å². The third kappa shape index (κ3) is 6.92. The molecule has 0 radical (unpaired) electrons. The van der Waals surface area contributed by atoms with Crippen LogP contribution in [0.1, 0.15) is 11.9 Å². The van der Waals surface area contributed by atoms with Crippen molar-refractivity contribution in [1.82, 2.24) is 10.3 Å². The second kappa shape index (κ2) is 11.4. The zero-order valence-corrected chi connectivity index (χ0v) is 18.6. The molecular weight excluding hydrogens is 483 g/mol. The molecule has 166 valence electrons. The van der Waals surface area contributed by atoms with Crippen molar-refractivity contribution in [3.8, 4) is 0 Å². The summed E-state index contributed by atoms with van der Waals surface area (Å²) < 4.78 is 31.8. The SMILES string of the molecule is CC(O)C(CO)OC(Sc1ccc(Cl)c(Cl)c1)C(O)N/C=C(\N)c1nc(F)c(F)s1. The summed E-state index contributed by atoms with van der Waals surface area (Å²) in [5.74, 6) is -1.27. The molecule has 0 aliphatic rings. The van der Waals surface area contributed by atoms with Crippen LogP contribution >= 0.6 is 46.3 Å². The fourth-order valence-electron chi connectivity index (χ4n) is 2.05. The van der Waals surface area contributed by atoms with E-state index in [9.17, 15) is 24.1 Å². The summed E-state index contributed by atoms with van der Waals surface area (Å²) in [6, 6.07) is 4.76. The zero-order chi connectivity index (χ0) is 22.4. The molecule has 6 N–H and O–H groups in total. The molecule has 4 unspecified atom stereocenters. The molecule has 0 saturated carbocycles. The topological polar surface area (TPSA) is 121 Å². The number of rotatable bonds is 10. The standard InChI is InChI=1S/C17H19Cl2F2N3O4S2/c1-7(26)12(6-25)28-17(29-8-2-3-9(18)10(19)4-8)15(27)23-5-11(22)16-24-13(20)14(21)30-16/h2-5,7,12,15,17,23,25-27H,6,22H2,1H3/b11-5-. The Morgan fingerprint density at radius 1 is 1.37 bits per heavy atom. The Bertz CT molecular complexity index is 869. The van der Waals surface area contributed by atoms with E-state index >= 15 is 0 Å². The molecule has 1 aromatic heterocycles. The van der Waals surface area contributed by atoms with Crippen molar-refractivity contribution in [3.05, 3.63) is 50.5 Å². The first-order chi connectivity index (χ1) is 14.1. The van der Waals surface area contributed by atoms with Gasteiger partial charge in [-0.3, -0.25) is 0 Å². The Hall–Kier alpha value is -1.18. The van der Waals surface area contributed by atoms with Gasteiger partial charge in [0.25, 0.3) is 5.95 Å². The number of halogens is 4. The van der Waals surface area contributed by atoms with E-state index in [1.54, 1.807) is 18.2 Å². The quantitative estimate of drug-likeness (QED) is 0.249. The molecule has 0 bridgehead atoms. The molecular formula is C17H19Cl2F2N3O4S2. The number of aliphatic hydroxyl groups excluding tert-OH is 3. The molecule has 0 saturated heterocycles. The number of aliphatic hydroxyl groups is 3. The molecule has 13 heteroatoms. The van der Waals surface area contributed by atoms with Gasteiger partial charge in [0.15, 0.2) is 11.7 Å². The highest BCUT2D eigenvalue weighted by atomic mass is 35.5. The van der Waals surface area contributed by atoms with Crippen molar-refractivity contribution in [1.29, 1.82) is 0 Å². The van der Waals surface area contributed by atoms with Crippen LogP contribution in [0, 0.1) is 11.1 Å². The minimum Gasteiger partial charge on any atom is -0.395 e. The lowest BCUT2D eigenvalue weighted by Gasteiger charge is -2.28. The normalized spacial score (nSPS) is 16.2. The summed E-state index contributed by atoms with van der Waals surface area (Å²) in [6.07, 6.45) is -2.32. The number of thiazole rings is 1. The van der Waals surface area contributed by atoms with Gasteiger partial charge in [0.05, 0.1) is 28.5 Å². The van der Waals surface area contributed by atoms with Gasteiger partial charge in [0.2, 0.25) is 5.13 Å². The second-order valence-electron chi connectivity index (χ2n) is 5.95. The van der Waals surface area contributed by atoms with E-state index < -0.39 is 41.6 Å². The molecule has 1 aromatic carbocycles. The van der Waals surface area contributed by atoms with Crippen molar-refractivity contribution in [3.63, 3.8) is 0 Å². The predicted molar refractivity (Wildman–Crippen MR) is 113 cm³/mol. The summed E-state index contributed by atoms with van der Waals surface area (Å²) in [4.78, 5) is 3.92. The number of nitrogens with one attached hydrogen (secondary N) is 1. The average Bonchev–Trinajstić information content (AvgIpc) is 3.04. The first-order valence-electron chi connectivity index (χ1n) is 8.40. The molecule has 2 rings (SSSR count). The predicted octanol–water partition coefficient (Wildman–Crippen LogP) is 2.77. The van der Waals surface area contributed by atoms with Crippen LogP contribution in [0.5, 0.6) is 0 Å². The highest BCUT2D eigenvalue weighted by Gasteiger charge is 2.27. The van der Waals surface area contributed by atoms with E-state index in [0.29, 0.717) is 21.3 Å². The molecule has 4 atom stereocenters. The fraction of sp³-hybridized carbons (Fsp3) is 0.353. The van der Waals surface area contributed by atoms with Crippen LogP contribution in [0.3, 0.4) is 0 Å². The van der Waals surface area contributed by atoms with Crippen molar-refractivity contribution in [2.45, 2.75) is 35.7 Å². The van der Waals surface area contributed by atoms with Crippen molar-refractivity contribution < 1.29 is 28.8 Å². The van der Waals surface area contributed by atoms with E-state index in [1.807, 2.05) is 0 Å². The summed E-state index contributed by atoms with van der Waals surface area (Å²) in [5, 5.41) is 31.6. The van der Waals surface area contributed by atoms with Crippen LogP contribution in [-0.2, 0) is 4.74 Å². The van der Waals surface area contributed by atoms with Gasteiger partial charge in [-0.05, 0) is 25.1 Å². The largest absolute Gasteiger partial charge is 0.395 e. The van der Waals surface area contributed by atoms with E-state index in [1.165, 1.54) is 6.92 Å². The monoisotopic (exact) mass is 501 g/mol. The minimum atomic E-state index is -1.41. The van der Waals surface area contributed by atoms with Crippen molar-refractivity contribution in [2.24, 2.45) is 5.73 Å². The summed E-state index contributed by atoms with van der Waals surface area (Å²) in [5.41, 5.74) is 4.56. The number of nitrogens with zero attached hydrogens (tertiary/aromatic N) is 1. The van der Waals surface area contributed by atoms with E-state index in [4.69, 9.17) is 33.7 Å². The Morgan fingerprint density at radius 3 is 2.60 bits per heavy atom. The van der Waals surface area contributed by atoms with Crippen LogP contribution in [0.2, 0.25) is 10.0 Å². The van der Waals surface area contributed by atoms with Crippen molar-refractivity contribution in [2.75, 3.05) is 6.61 Å². The lowest BCUT2D eigenvalue weighted by atomic mass is 10.2. The van der Waals surface area contributed by atoms with Crippen LogP contribution in [0.15, 0.2) is 29.3 Å². The molecule has 30 heavy (non-hydrogen) atoms. The maximum Gasteiger partial charge on any atom is 0.260 e. The molecule has 1 heterocycles. The molecule has 0 spiro atoms.